The minimum Gasteiger partial charge on any atom is -0.497 e. The Balaban J connectivity index is 1.62. The average Bonchev–Trinajstić information content (AvgIpc) is 3.10. The van der Waals surface area contributed by atoms with E-state index in [1.54, 1.807) is 30.2 Å². The molecule has 2 amide bonds. The van der Waals surface area contributed by atoms with Gasteiger partial charge in [-0.05, 0) is 50.0 Å². The van der Waals surface area contributed by atoms with Crippen LogP contribution in [0.25, 0.3) is 0 Å². The molecule has 1 aliphatic rings. The largest absolute Gasteiger partial charge is 0.497 e. The molecule has 1 saturated heterocycles. The Kier molecular flexibility index (Phi) is 6.77. The molecule has 2 aromatic rings. The molecule has 7 heteroatoms. The van der Waals surface area contributed by atoms with Gasteiger partial charge in [0, 0.05) is 30.2 Å². The molecule has 6 nitrogen and oxygen atoms in total. The van der Waals surface area contributed by atoms with Gasteiger partial charge in [0.05, 0.1) is 19.1 Å². The Bertz CT molecular complexity index is 870. The number of anilines is 1. The summed E-state index contributed by atoms with van der Waals surface area (Å²) in [6, 6.07) is 15.0. The number of benzene rings is 2. The van der Waals surface area contributed by atoms with E-state index >= 15 is 0 Å². The SMILES string of the molecule is COc1ccc(C(CNC(=O)C2CC(=O)N(c3cccc(Cl)c3)C2)N(C)C)cc1. The smallest absolute Gasteiger partial charge is 0.227 e. The van der Waals surface area contributed by atoms with Crippen LogP contribution in [0.4, 0.5) is 5.69 Å². The van der Waals surface area contributed by atoms with Crippen LogP contribution in [0.15, 0.2) is 48.5 Å². The summed E-state index contributed by atoms with van der Waals surface area (Å²) in [4.78, 5) is 28.8. The van der Waals surface area contributed by atoms with Crippen LogP contribution in [0.2, 0.25) is 5.02 Å². The van der Waals surface area contributed by atoms with Crippen LogP contribution in [0.5, 0.6) is 5.75 Å². The first-order valence-corrected chi connectivity index (χ1v) is 9.91. The molecular weight excluding hydrogens is 390 g/mol. The molecule has 1 fully saturated rings. The molecule has 1 heterocycles. The van der Waals surface area contributed by atoms with Gasteiger partial charge in [0.1, 0.15) is 5.75 Å². The summed E-state index contributed by atoms with van der Waals surface area (Å²) in [5, 5.41) is 3.59. The Morgan fingerprint density at radius 1 is 1.28 bits per heavy atom. The molecule has 29 heavy (non-hydrogen) atoms. The molecule has 2 atom stereocenters. The predicted octanol–water partition coefficient (Wildman–Crippen LogP) is 3.12. The van der Waals surface area contributed by atoms with Crippen molar-refractivity contribution in [3.63, 3.8) is 0 Å². The standard InChI is InChI=1S/C22H26ClN3O3/c1-25(2)20(15-7-9-19(29-3)10-8-15)13-24-22(28)16-11-21(27)26(14-16)18-6-4-5-17(23)12-18/h4-10,12,16,20H,11,13-14H2,1-3H3,(H,24,28). The van der Waals surface area contributed by atoms with E-state index in [-0.39, 0.29) is 30.2 Å². The number of amides is 2. The fraction of sp³-hybridized carbons (Fsp3) is 0.364. The lowest BCUT2D eigenvalue weighted by molar-refractivity contribution is -0.126. The van der Waals surface area contributed by atoms with Gasteiger partial charge in [-0.2, -0.15) is 0 Å². The third-order valence-corrected chi connectivity index (χ3v) is 5.44. The maximum atomic E-state index is 12.7. The third-order valence-electron chi connectivity index (χ3n) is 5.21. The molecule has 0 aliphatic carbocycles. The zero-order valence-corrected chi connectivity index (χ0v) is 17.6. The summed E-state index contributed by atoms with van der Waals surface area (Å²) in [6.45, 7) is 0.820. The number of carbonyl (C=O) groups excluding carboxylic acids is 2. The summed E-state index contributed by atoms with van der Waals surface area (Å²) >= 11 is 6.03. The average molecular weight is 416 g/mol. The molecule has 3 rings (SSSR count). The minimum atomic E-state index is -0.375. The highest BCUT2D eigenvalue weighted by atomic mass is 35.5. The second kappa shape index (κ2) is 9.29. The molecule has 1 aliphatic heterocycles. The first-order valence-electron chi connectivity index (χ1n) is 9.53. The van der Waals surface area contributed by atoms with Gasteiger partial charge in [-0.3, -0.25) is 9.59 Å². The molecule has 0 spiro atoms. The summed E-state index contributed by atoms with van der Waals surface area (Å²) in [5.41, 5.74) is 1.81. The number of nitrogens with zero attached hydrogens (tertiary/aromatic N) is 2. The Hall–Kier alpha value is -2.57. The van der Waals surface area contributed by atoms with E-state index in [1.165, 1.54) is 0 Å². The molecule has 0 bridgehead atoms. The normalized spacial score (nSPS) is 17.5. The van der Waals surface area contributed by atoms with E-state index in [4.69, 9.17) is 16.3 Å². The molecule has 2 aromatic carbocycles. The van der Waals surface area contributed by atoms with E-state index in [1.807, 2.05) is 44.4 Å². The van der Waals surface area contributed by atoms with Gasteiger partial charge in [-0.25, -0.2) is 0 Å². The highest BCUT2D eigenvalue weighted by Gasteiger charge is 2.35. The first kappa shape index (κ1) is 21.1. The summed E-state index contributed by atoms with van der Waals surface area (Å²) in [6.07, 6.45) is 0.202. The van der Waals surface area contributed by atoms with Crippen LogP contribution in [0.1, 0.15) is 18.0 Å². The maximum Gasteiger partial charge on any atom is 0.227 e. The summed E-state index contributed by atoms with van der Waals surface area (Å²) < 4.78 is 5.21. The second-order valence-corrected chi connectivity index (χ2v) is 7.82. The van der Waals surface area contributed by atoms with Crippen LogP contribution in [0, 0.1) is 5.92 Å². The number of rotatable bonds is 7. The van der Waals surface area contributed by atoms with Gasteiger partial charge in [0.25, 0.3) is 0 Å². The van der Waals surface area contributed by atoms with Crippen LogP contribution in [0.3, 0.4) is 0 Å². The van der Waals surface area contributed by atoms with Gasteiger partial charge in [-0.1, -0.05) is 29.8 Å². The number of ether oxygens (including phenoxy) is 1. The highest BCUT2D eigenvalue weighted by molar-refractivity contribution is 6.31. The van der Waals surface area contributed by atoms with Crippen molar-refractivity contribution in [3.05, 3.63) is 59.1 Å². The number of halogens is 1. The molecule has 0 saturated carbocycles. The van der Waals surface area contributed by atoms with Crippen molar-refractivity contribution in [1.82, 2.24) is 10.2 Å². The quantitative estimate of drug-likeness (QED) is 0.754. The summed E-state index contributed by atoms with van der Waals surface area (Å²) in [7, 11) is 5.58. The third kappa shape index (κ3) is 5.08. The van der Waals surface area contributed by atoms with Crippen molar-refractivity contribution in [2.24, 2.45) is 5.92 Å². The van der Waals surface area contributed by atoms with Crippen molar-refractivity contribution in [1.29, 1.82) is 0 Å². The van der Waals surface area contributed by atoms with Crippen LogP contribution in [-0.4, -0.2) is 51.0 Å². The van der Waals surface area contributed by atoms with E-state index in [0.29, 0.717) is 18.1 Å². The van der Waals surface area contributed by atoms with Gasteiger partial charge in [0.15, 0.2) is 0 Å². The number of methoxy groups -OCH3 is 1. The van der Waals surface area contributed by atoms with Gasteiger partial charge < -0.3 is 19.9 Å². The van der Waals surface area contributed by atoms with Crippen molar-refractivity contribution < 1.29 is 14.3 Å². The number of likely N-dealkylation sites (N-methyl/N-ethyl adjacent to an activating group) is 1. The molecule has 2 unspecified atom stereocenters. The zero-order valence-electron chi connectivity index (χ0n) is 16.9. The molecular formula is C22H26ClN3O3. The fourth-order valence-corrected chi connectivity index (χ4v) is 3.73. The molecule has 154 valence electrons. The zero-order chi connectivity index (χ0) is 21.0. The van der Waals surface area contributed by atoms with Crippen molar-refractivity contribution >= 4 is 29.1 Å². The van der Waals surface area contributed by atoms with E-state index < -0.39 is 0 Å². The second-order valence-electron chi connectivity index (χ2n) is 7.38. The molecule has 0 aromatic heterocycles. The number of nitrogens with one attached hydrogen (secondary N) is 1. The highest BCUT2D eigenvalue weighted by Crippen LogP contribution is 2.27. The Morgan fingerprint density at radius 3 is 2.62 bits per heavy atom. The Morgan fingerprint density at radius 2 is 2.00 bits per heavy atom. The lowest BCUT2D eigenvalue weighted by atomic mass is 10.0. The predicted molar refractivity (Wildman–Crippen MR) is 114 cm³/mol. The number of hydrogen-bond acceptors (Lipinski definition) is 4. The number of hydrogen-bond donors (Lipinski definition) is 1. The number of carbonyl (C=O) groups is 2. The fourth-order valence-electron chi connectivity index (χ4n) is 3.54. The lowest BCUT2D eigenvalue weighted by Gasteiger charge is -2.26. The topological polar surface area (TPSA) is 61.9 Å². The first-order chi connectivity index (χ1) is 13.9. The van der Waals surface area contributed by atoms with Crippen LogP contribution in [-0.2, 0) is 9.59 Å². The maximum absolute atomic E-state index is 12.7. The van der Waals surface area contributed by atoms with Crippen molar-refractivity contribution in [3.8, 4) is 5.75 Å². The van der Waals surface area contributed by atoms with E-state index in [2.05, 4.69) is 10.2 Å². The van der Waals surface area contributed by atoms with Gasteiger partial charge >= 0.3 is 0 Å². The van der Waals surface area contributed by atoms with Crippen molar-refractivity contribution in [2.75, 3.05) is 39.2 Å². The molecule has 1 N–H and O–H groups in total. The van der Waals surface area contributed by atoms with Crippen LogP contribution >= 0.6 is 11.6 Å². The van der Waals surface area contributed by atoms with E-state index in [9.17, 15) is 9.59 Å². The molecule has 0 radical (unpaired) electrons. The minimum absolute atomic E-state index is 0.0194. The van der Waals surface area contributed by atoms with Crippen molar-refractivity contribution in [2.45, 2.75) is 12.5 Å². The van der Waals surface area contributed by atoms with Gasteiger partial charge in [-0.15, -0.1) is 0 Å². The van der Waals surface area contributed by atoms with E-state index in [0.717, 1.165) is 17.0 Å². The summed E-state index contributed by atoms with van der Waals surface area (Å²) in [5.74, 6) is 0.246. The monoisotopic (exact) mass is 415 g/mol. The van der Waals surface area contributed by atoms with Crippen LogP contribution < -0.4 is 15.0 Å². The Labute approximate surface area is 176 Å². The van der Waals surface area contributed by atoms with Gasteiger partial charge in [0.2, 0.25) is 11.8 Å². The lowest BCUT2D eigenvalue weighted by Crippen LogP contribution is -2.38.